The van der Waals surface area contributed by atoms with E-state index in [9.17, 15) is 0 Å². The lowest BCUT2D eigenvalue weighted by Gasteiger charge is -2.04. The molecular weight excluding hydrogens is 465 g/mol. The molecule has 0 aromatic heterocycles. The van der Waals surface area contributed by atoms with Crippen LogP contribution in [-0.4, -0.2) is 16.1 Å². The highest BCUT2D eigenvalue weighted by Gasteiger charge is 2.08. The lowest BCUT2D eigenvalue weighted by Crippen LogP contribution is -2.16. The molecule has 0 bridgehead atoms. The largest absolute Gasteiger partial charge is 0.129 e. The molecule has 174 valence electrons. The van der Waals surface area contributed by atoms with Gasteiger partial charge < -0.3 is 0 Å². The normalized spacial score (nSPS) is 9.94. The fourth-order valence-electron chi connectivity index (χ4n) is 2.94. The van der Waals surface area contributed by atoms with Crippen LogP contribution in [0.2, 0.25) is 39.3 Å². The van der Waals surface area contributed by atoms with Crippen molar-refractivity contribution in [2.75, 3.05) is 0 Å². The molecule has 3 rings (SSSR count). The lowest BCUT2D eigenvalue weighted by molar-refractivity contribution is 1.56. The topological polar surface area (TPSA) is 0 Å². The first kappa shape index (κ1) is 26.5. The molecule has 0 aliphatic carbocycles. The van der Waals surface area contributed by atoms with Gasteiger partial charge >= 0.3 is 0 Å². The van der Waals surface area contributed by atoms with E-state index in [-0.39, 0.29) is 0 Å². The van der Waals surface area contributed by atoms with Gasteiger partial charge in [0.2, 0.25) is 0 Å². The Morgan fingerprint density at radius 3 is 0.889 bits per heavy atom. The molecule has 0 N–H and O–H groups in total. The molecule has 0 unspecified atom stereocenters. The summed E-state index contributed by atoms with van der Waals surface area (Å²) in [5, 5.41) is 0. The van der Waals surface area contributed by atoms with Crippen LogP contribution >= 0.6 is 0 Å². The molecule has 2 heteroatoms. The quantitative estimate of drug-likeness (QED) is 0.234. The first-order valence-electron chi connectivity index (χ1n) is 12.0. The molecule has 0 aliphatic rings. The highest BCUT2D eigenvalue weighted by atomic mass is 28.3. The summed E-state index contributed by atoms with van der Waals surface area (Å²) in [4.78, 5) is 0. The van der Waals surface area contributed by atoms with Gasteiger partial charge in [-0.25, -0.2) is 0 Å². The summed E-state index contributed by atoms with van der Waals surface area (Å²) >= 11 is 0. The summed E-state index contributed by atoms with van der Waals surface area (Å²) in [5.41, 5.74) is 12.3. The van der Waals surface area contributed by atoms with Gasteiger partial charge in [0.1, 0.15) is 16.1 Å². The SMILES string of the molecule is C[Si](C)(C)C#Cc1ccccc1C#CC#Cc1ccccc1C#Cc1ccccc1C#C[Si](C)(C)C. The van der Waals surface area contributed by atoms with Crippen LogP contribution in [0.4, 0.5) is 0 Å². The molecule has 0 radical (unpaired) electrons. The Balaban J connectivity index is 1.89. The van der Waals surface area contributed by atoms with Gasteiger partial charge in [0.25, 0.3) is 0 Å². The van der Waals surface area contributed by atoms with Gasteiger partial charge in [-0.3, -0.25) is 0 Å². The van der Waals surface area contributed by atoms with Crippen LogP contribution < -0.4 is 0 Å². The minimum Gasteiger partial charge on any atom is -0.127 e. The van der Waals surface area contributed by atoms with Gasteiger partial charge in [0.05, 0.1) is 0 Å². The predicted octanol–water partition coefficient (Wildman–Crippen LogP) is 6.95. The Morgan fingerprint density at radius 2 is 0.611 bits per heavy atom. The second kappa shape index (κ2) is 12.0. The maximum absolute atomic E-state index is 3.43. The maximum atomic E-state index is 3.43. The Bertz CT molecular complexity index is 1570. The number of hydrogen-bond acceptors (Lipinski definition) is 0. The zero-order valence-electron chi connectivity index (χ0n) is 21.9. The van der Waals surface area contributed by atoms with Crippen LogP contribution in [0.3, 0.4) is 0 Å². The third kappa shape index (κ3) is 8.92. The average Bonchev–Trinajstić information content (AvgIpc) is 2.83. The van der Waals surface area contributed by atoms with E-state index in [1.807, 2.05) is 72.8 Å². The zero-order chi connectivity index (χ0) is 26.0. The van der Waals surface area contributed by atoms with Crippen molar-refractivity contribution in [3.8, 4) is 58.5 Å². The highest BCUT2D eigenvalue weighted by Crippen LogP contribution is 2.10. The van der Waals surface area contributed by atoms with Gasteiger partial charge in [0.15, 0.2) is 0 Å². The van der Waals surface area contributed by atoms with E-state index in [1.165, 1.54) is 0 Å². The maximum Gasteiger partial charge on any atom is 0.129 e. The molecule has 0 fully saturated rings. The van der Waals surface area contributed by atoms with Gasteiger partial charge in [-0.1, -0.05) is 111 Å². The summed E-state index contributed by atoms with van der Waals surface area (Å²) in [6.07, 6.45) is 0. The van der Waals surface area contributed by atoms with Crippen molar-refractivity contribution >= 4 is 16.1 Å². The summed E-state index contributed by atoms with van der Waals surface area (Å²) in [7, 11) is -2.92. The minimum atomic E-state index is -1.47. The average molecular weight is 495 g/mol. The van der Waals surface area contributed by atoms with Crippen LogP contribution in [0.25, 0.3) is 0 Å². The first-order chi connectivity index (χ1) is 17.1. The molecule has 3 aromatic rings. The Kier molecular flexibility index (Phi) is 8.86. The number of hydrogen-bond donors (Lipinski definition) is 0. The van der Waals surface area contributed by atoms with Crippen molar-refractivity contribution in [1.29, 1.82) is 0 Å². The molecule has 36 heavy (non-hydrogen) atoms. The molecule has 0 aliphatic heterocycles. The molecule has 0 atom stereocenters. The van der Waals surface area contributed by atoms with Gasteiger partial charge in [-0.2, -0.15) is 0 Å². The molecule has 0 spiro atoms. The van der Waals surface area contributed by atoms with Crippen LogP contribution in [0.15, 0.2) is 72.8 Å². The molecule has 0 amide bonds. The summed E-state index contributed by atoms with van der Waals surface area (Å²) in [6, 6.07) is 23.9. The van der Waals surface area contributed by atoms with E-state index in [2.05, 4.69) is 97.7 Å². The van der Waals surface area contributed by atoms with Crippen molar-refractivity contribution in [2.24, 2.45) is 0 Å². The van der Waals surface area contributed by atoms with E-state index in [0.29, 0.717) is 0 Å². The van der Waals surface area contributed by atoms with E-state index < -0.39 is 16.1 Å². The van der Waals surface area contributed by atoms with Crippen LogP contribution in [0.5, 0.6) is 0 Å². The fraction of sp³-hybridized carbons (Fsp3) is 0.176. The Labute approximate surface area is 219 Å². The standard InChI is InChI=1S/C34H30Si2/c1-35(2,3)27-25-33-21-13-10-18-30(33)17-8-7-15-29-16-9-11-19-31(29)23-24-32-20-12-14-22-34(32)26-28-36(4,5)6/h9-14,16,18-22H,1-6H3. The summed E-state index contributed by atoms with van der Waals surface area (Å²) < 4.78 is 0. The van der Waals surface area contributed by atoms with Crippen LogP contribution in [0, 0.1) is 58.5 Å². The fourth-order valence-corrected chi connectivity index (χ4v) is 3.96. The second-order valence-corrected chi connectivity index (χ2v) is 19.9. The molecule has 0 nitrogen and oxygen atoms in total. The number of benzene rings is 3. The third-order valence-corrected chi connectivity index (χ3v) is 6.46. The Hall–Kier alpha value is -4.11. The number of rotatable bonds is 0. The van der Waals surface area contributed by atoms with Gasteiger partial charge in [-0.05, 0) is 48.2 Å². The van der Waals surface area contributed by atoms with Crippen molar-refractivity contribution in [3.05, 3.63) is 106 Å². The van der Waals surface area contributed by atoms with Crippen LogP contribution in [-0.2, 0) is 0 Å². The van der Waals surface area contributed by atoms with E-state index >= 15 is 0 Å². The Morgan fingerprint density at radius 1 is 0.361 bits per heavy atom. The van der Waals surface area contributed by atoms with Crippen molar-refractivity contribution < 1.29 is 0 Å². The van der Waals surface area contributed by atoms with Crippen LogP contribution in [0.1, 0.15) is 33.4 Å². The smallest absolute Gasteiger partial charge is 0.127 e. The van der Waals surface area contributed by atoms with Crippen molar-refractivity contribution in [3.63, 3.8) is 0 Å². The van der Waals surface area contributed by atoms with Crippen molar-refractivity contribution in [2.45, 2.75) is 39.3 Å². The third-order valence-electron chi connectivity index (χ3n) is 4.71. The lowest BCUT2D eigenvalue weighted by atomic mass is 10.1. The molecule has 3 aromatic carbocycles. The van der Waals surface area contributed by atoms with Gasteiger partial charge in [-0.15, -0.1) is 11.1 Å². The molecule has 0 saturated carbocycles. The van der Waals surface area contributed by atoms with E-state index in [0.717, 1.165) is 33.4 Å². The summed E-state index contributed by atoms with van der Waals surface area (Å²) in [6.45, 7) is 13.4. The second-order valence-electron chi connectivity index (χ2n) is 10.4. The van der Waals surface area contributed by atoms with Crippen molar-refractivity contribution in [1.82, 2.24) is 0 Å². The minimum absolute atomic E-state index is 0.858. The first-order valence-corrected chi connectivity index (χ1v) is 19.0. The van der Waals surface area contributed by atoms with E-state index in [4.69, 9.17) is 0 Å². The zero-order valence-corrected chi connectivity index (χ0v) is 23.9. The highest BCUT2D eigenvalue weighted by molar-refractivity contribution is 6.84. The van der Waals surface area contributed by atoms with Gasteiger partial charge in [0, 0.05) is 33.4 Å². The monoisotopic (exact) mass is 494 g/mol. The predicted molar refractivity (Wildman–Crippen MR) is 160 cm³/mol. The molecule has 0 heterocycles. The molecular formula is C34H30Si2. The molecule has 0 saturated heterocycles. The summed E-state index contributed by atoms with van der Waals surface area (Å²) in [5.74, 6) is 25.6. The van der Waals surface area contributed by atoms with E-state index in [1.54, 1.807) is 0 Å².